The van der Waals surface area contributed by atoms with Crippen LogP contribution in [0.1, 0.15) is 11.1 Å². The van der Waals surface area contributed by atoms with Gasteiger partial charge in [-0.3, -0.25) is 0 Å². The maximum atomic E-state index is 6.76. The van der Waals surface area contributed by atoms with Crippen molar-refractivity contribution in [2.24, 2.45) is 0 Å². The number of hydrogen-bond acceptors (Lipinski definition) is 2. The van der Waals surface area contributed by atoms with Crippen LogP contribution in [0.4, 0.5) is 17.1 Å². The van der Waals surface area contributed by atoms with Crippen LogP contribution in [0.15, 0.2) is 224 Å². The fourth-order valence-corrected chi connectivity index (χ4v) is 14.5. The predicted molar refractivity (Wildman–Crippen MR) is 260 cm³/mol. The number of nitrogens with zero attached hydrogens (tertiary/aromatic N) is 1. The number of aryl methyl sites for hydroxylation is 2. The van der Waals surface area contributed by atoms with Crippen molar-refractivity contribution in [3.8, 4) is 33.8 Å². The summed E-state index contributed by atoms with van der Waals surface area (Å²) in [6.45, 7) is 4.30. The molecule has 0 fully saturated rings. The lowest BCUT2D eigenvalue weighted by molar-refractivity contribution is 0.486. The van der Waals surface area contributed by atoms with Crippen LogP contribution >= 0.6 is 0 Å². The first-order valence-electron chi connectivity index (χ1n) is 21.1. The summed E-state index contributed by atoms with van der Waals surface area (Å²) >= 11 is 0. The third-order valence-corrected chi connectivity index (χ3v) is 17.3. The van der Waals surface area contributed by atoms with Crippen molar-refractivity contribution >= 4 is 67.4 Å². The molecule has 3 heteroatoms. The normalized spacial score (nSPS) is 12.7. The van der Waals surface area contributed by atoms with Gasteiger partial charge in [-0.25, -0.2) is 0 Å². The molecule has 0 N–H and O–H groups in total. The molecule has 0 aliphatic carbocycles. The zero-order valence-electron chi connectivity index (χ0n) is 34.2. The number of benzene rings is 10. The van der Waals surface area contributed by atoms with E-state index < -0.39 is 8.07 Å². The van der Waals surface area contributed by atoms with E-state index >= 15 is 0 Å². The molecule has 0 spiro atoms. The summed E-state index contributed by atoms with van der Waals surface area (Å²) in [6.07, 6.45) is 0. The molecular formula is C58H43NOSi. The minimum absolute atomic E-state index is 0.962. The van der Waals surface area contributed by atoms with E-state index in [1.54, 1.807) is 0 Å². The Morgan fingerprint density at radius 2 is 0.902 bits per heavy atom. The van der Waals surface area contributed by atoms with E-state index in [-0.39, 0.29) is 0 Å². The van der Waals surface area contributed by atoms with Crippen LogP contribution in [0.2, 0.25) is 0 Å². The van der Waals surface area contributed by atoms with Crippen molar-refractivity contribution in [1.29, 1.82) is 0 Å². The molecule has 0 aromatic heterocycles. The Hall–Kier alpha value is -7.46. The highest BCUT2D eigenvalue weighted by Crippen LogP contribution is 2.39. The van der Waals surface area contributed by atoms with Gasteiger partial charge in [-0.2, -0.15) is 0 Å². The quantitative estimate of drug-likeness (QED) is 0.149. The van der Waals surface area contributed by atoms with Gasteiger partial charge in [0.1, 0.15) is 11.5 Å². The Morgan fingerprint density at radius 1 is 0.361 bits per heavy atom. The van der Waals surface area contributed by atoms with Crippen LogP contribution < -0.4 is 30.4 Å². The number of hydrogen-bond donors (Lipinski definition) is 0. The van der Waals surface area contributed by atoms with Gasteiger partial charge < -0.3 is 9.64 Å². The van der Waals surface area contributed by atoms with Gasteiger partial charge in [0.05, 0.1) is 0 Å². The fraction of sp³-hybridized carbons (Fsp3) is 0.0345. The summed E-state index contributed by atoms with van der Waals surface area (Å²) in [4.78, 5) is 2.38. The topological polar surface area (TPSA) is 12.5 Å². The van der Waals surface area contributed by atoms with Crippen LogP contribution in [0.5, 0.6) is 11.5 Å². The van der Waals surface area contributed by atoms with E-state index in [0.29, 0.717) is 0 Å². The second kappa shape index (κ2) is 15.0. The molecule has 1 aliphatic rings. The first kappa shape index (κ1) is 36.6. The summed E-state index contributed by atoms with van der Waals surface area (Å²) in [7, 11) is -2.80. The molecule has 10 aromatic carbocycles. The van der Waals surface area contributed by atoms with Gasteiger partial charge in [0.15, 0.2) is 8.07 Å². The maximum absolute atomic E-state index is 6.76. The van der Waals surface area contributed by atoms with Crippen LogP contribution in [0.25, 0.3) is 43.8 Å². The average Bonchev–Trinajstić information content (AvgIpc) is 3.31. The first-order valence-corrected chi connectivity index (χ1v) is 23.1. The summed E-state index contributed by atoms with van der Waals surface area (Å²) in [5.41, 5.74) is 10.5. The number of anilines is 3. The van der Waals surface area contributed by atoms with Gasteiger partial charge in [0.2, 0.25) is 0 Å². The predicted octanol–water partition coefficient (Wildman–Crippen LogP) is 12.9. The fourth-order valence-electron chi connectivity index (χ4n) is 9.54. The van der Waals surface area contributed by atoms with Crippen molar-refractivity contribution in [3.63, 3.8) is 0 Å². The SMILES string of the molecule is Cc1ccc2c(c1)Oc1cc(C)ccc1[Si]2(c1ccccc1)c1ccc2cc(N(c3ccc(-c4ccccc4)cc3)c3ccc(-c4cccc5ccccc45)cc3)ccc2c1. The molecule has 0 bridgehead atoms. The standard InChI is InChI=1S/C58H43NOSi/c1-40-20-34-57-55(36-40)60-56-37-41(2)21-35-58(56)61(57,51-16-7-4-8-17-51)52-33-27-46-38-50(32-26-47(46)39-52)59(48-28-22-43(23-29-48)42-12-5-3-6-13-42)49-30-24-45(25-31-49)54-19-11-15-44-14-9-10-18-53(44)54/h3-39H,1-2H3. The van der Waals surface area contributed by atoms with Crippen LogP contribution in [0, 0.1) is 13.8 Å². The largest absolute Gasteiger partial charge is 0.458 e. The van der Waals surface area contributed by atoms with Gasteiger partial charge in [-0.15, -0.1) is 0 Å². The highest BCUT2D eigenvalue weighted by Gasteiger charge is 2.48. The van der Waals surface area contributed by atoms with Crippen LogP contribution in [-0.4, -0.2) is 8.07 Å². The lowest BCUT2D eigenvalue weighted by Gasteiger charge is -2.40. The zero-order valence-corrected chi connectivity index (χ0v) is 35.2. The van der Waals surface area contributed by atoms with Gasteiger partial charge in [-0.1, -0.05) is 176 Å². The van der Waals surface area contributed by atoms with Crippen molar-refractivity contribution in [2.45, 2.75) is 13.8 Å². The van der Waals surface area contributed by atoms with Gasteiger partial charge in [0.25, 0.3) is 0 Å². The number of rotatable bonds is 7. The number of ether oxygens (including phenoxy) is 1. The highest BCUT2D eigenvalue weighted by molar-refractivity contribution is 7.20. The van der Waals surface area contributed by atoms with E-state index in [0.717, 1.165) is 28.6 Å². The molecule has 10 aromatic rings. The molecule has 0 saturated heterocycles. The molecule has 11 rings (SSSR count). The molecule has 1 heterocycles. The van der Waals surface area contributed by atoms with Crippen molar-refractivity contribution < 1.29 is 4.74 Å². The third-order valence-electron chi connectivity index (χ3n) is 12.5. The Morgan fingerprint density at radius 3 is 1.59 bits per heavy atom. The van der Waals surface area contributed by atoms with Gasteiger partial charge in [0, 0.05) is 17.1 Å². The minimum Gasteiger partial charge on any atom is -0.458 e. The third kappa shape index (κ3) is 6.33. The molecule has 1 aliphatic heterocycles. The highest BCUT2D eigenvalue weighted by atomic mass is 28.3. The van der Waals surface area contributed by atoms with E-state index in [1.807, 2.05) is 0 Å². The Bertz CT molecular complexity index is 3170. The Kier molecular flexibility index (Phi) is 8.98. The molecule has 0 amide bonds. The second-order valence-corrected chi connectivity index (χ2v) is 20.0. The summed E-state index contributed by atoms with van der Waals surface area (Å²) in [5, 5.41) is 10.2. The number of fused-ring (bicyclic) bond motifs is 4. The lowest BCUT2D eigenvalue weighted by atomic mass is 9.98. The van der Waals surface area contributed by atoms with Crippen molar-refractivity contribution in [2.75, 3.05) is 4.90 Å². The molecule has 61 heavy (non-hydrogen) atoms. The average molecular weight is 798 g/mol. The van der Waals surface area contributed by atoms with Crippen LogP contribution in [-0.2, 0) is 0 Å². The lowest BCUT2D eigenvalue weighted by Crippen LogP contribution is -2.76. The second-order valence-electron chi connectivity index (χ2n) is 16.3. The van der Waals surface area contributed by atoms with E-state index in [2.05, 4.69) is 243 Å². The zero-order chi connectivity index (χ0) is 40.9. The van der Waals surface area contributed by atoms with Gasteiger partial charge >= 0.3 is 0 Å². The maximum Gasteiger partial charge on any atom is 0.188 e. The smallest absolute Gasteiger partial charge is 0.188 e. The minimum atomic E-state index is -2.80. The molecule has 0 atom stereocenters. The van der Waals surface area contributed by atoms with Crippen LogP contribution in [0.3, 0.4) is 0 Å². The Labute approximate surface area is 358 Å². The first-order chi connectivity index (χ1) is 30.0. The molecule has 290 valence electrons. The molecular weight excluding hydrogens is 755 g/mol. The van der Waals surface area contributed by atoms with E-state index in [9.17, 15) is 0 Å². The van der Waals surface area contributed by atoms with E-state index in [1.165, 1.54) is 75.7 Å². The molecule has 0 saturated carbocycles. The Balaban J connectivity index is 1.05. The monoisotopic (exact) mass is 797 g/mol. The van der Waals surface area contributed by atoms with Crippen molar-refractivity contribution in [1.82, 2.24) is 0 Å². The summed E-state index contributed by atoms with van der Waals surface area (Å²) < 4.78 is 6.76. The van der Waals surface area contributed by atoms with Gasteiger partial charge in [-0.05, 0) is 138 Å². The summed E-state index contributed by atoms with van der Waals surface area (Å²) in [6, 6.07) is 82.6. The molecule has 0 unspecified atom stereocenters. The molecule has 0 radical (unpaired) electrons. The molecule has 2 nitrogen and oxygen atoms in total. The van der Waals surface area contributed by atoms with Crippen molar-refractivity contribution in [3.05, 3.63) is 236 Å². The summed E-state index contributed by atoms with van der Waals surface area (Å²) in [5.74, 6) is 1.92. The van der Waals surface area contributed by atoms with E-state index in [4.69, 9.17) is 4.74 Å².